The van der Waals surface area contributed by atoms with E-state index in [2.05, 4.69) is 0 Å². The molecule has 0 heterocycles. The number of hydrogen-bond donors (Lipinski definition) is 0. The summed E-state index contributed by atoms with van der Waals surface area (Å²) in [7, 11) is 0. The van der Waals surface area contributed by atoms with Crippen molar-refractivity contribution < 1.29 is 19.2 Å². The van der Waals surface area contributed by atoms with Crippen molar-refractivity contribution in [2.75, 3.05) is 0 Å². The normalized spacial score (nSPS) is 37.4. The Morgan fingerprint density at radius 1 is 0.636 bits per heavy atom. The Balaban J connectivity index is 1.43. The lowest BCUT2D eigenvalue weighted by Gasteiger charge is -2.45. The highest BCUT2D eigenvalue weighted by Crippen LogP contribution is 2.42. The Morgan fingerprint density at radius 3 is 2.05 bits per heavy atom. The monoisotopic (exact) mass is 310 g/mol. The van der Waals surface area contributed by atoms with E-state index in [-0.39, 0.29) is 12.2 Å². The van der Waals surface area contributed by atoms with Crippen LogP contribution >= 0.6 is 0 Å². The van der Waals surface area contributed by atoms with Gasteiger partial charge in [0, 0.05) is 6.42 Å². The van der Waals surface area contributed by atoms with Crippen molar-refractivity contribution in [2.45, 2.75) is 114 Å². The molecule has 4 nitrogen and oxygen atoms in total. The van der Waals surface area contributed by atoms with Gasteiger partial charge in [0.25, 0.3) is 0 Å². The van der Waals surface area contributed by atoms with Crippen LogP contribution in [-0.2, 0) is 19.2 Å². The topological polar surface area (TPSA) is 36.9 Å². The van der Waals surface area contributed by atoms with Crippen LogP contribution in [0.15, 0.2) is 0 Å². The van der Waals surface area contributed by atoms with Gasteiger partial charge in [0.2, 0.25) is 5.79 Å². The Morgan fingerprint density at radius 2 is 1.36 bits per heavy atom. The Hall–Kier alpha value is -0.160. The van der Waals surface area contributed by atoms with Gasteiger partial charge in [0.05, 0.1) is 18.3 Å². The summed E-state index contributed by atoms with van der Waals surface area (Å²) in [6.07, 6.45) is 16.1. The molecule has 4 aliphatic rings. The maximum absolute atomic E-state index is 6.44. The second-order valence-electron chi connectivity index (χ2n) is 7.64. The Labute approximate surface area is 133 Å². The van der Waals surface area contributed by atoms with Crippen LogP contribution in [0.25, 0.3) is 0 Å². The Kier molecular flexibility index (Phi) is 4.72. The van der Waals surface area contributed by atoms with E-state index >= 15 is 0 Å². The molecule has 2 atom stereocenters. The molecule has 4 fully saturated rings. The summed E-state index contributed by atoms with van der Waals surface area (Å²) in [4.78, 5) is 11.9. The molecule has 4 rings (SSSR count). The van der Waals surface area contributed by atoms with Crippen LogP contribution in [0.1, 0.15) is 83.5 Å². The predicted octanol–water partition coefficient (Wildman–Crippen LogP) is 4.26. The van der Waals surface area contributed by atoms with Gasteiger partial charge in [-0.05, 0) is 57.8 Å². The summed E-state index contributed by atoms with van der Waals surface area (Å²) in [5, 5.41) is 0. The van der Waals surface area contributed by atoms with E-state index < -0.39 is 5.79 Å². The van der Waals surface area contributed by atoms with Gasteiger partial charge >= 0.3 is 0 Å². The first-order valence-corrected chi connectivity index (χ1v) is 9.52. The molecule has 0 aromatic rings. The zero-order chi connectivity index (χ0) is 14.8. The second kappa shape index (κ2) is 6.76. The van der Waals surface area contributed by atoms with Crippen LogP contribution in [0.3, 0.4) is 0 Å². The summed E-state index contributed by atoms with van der Waals surface area (Å²) >= 11 is 0. The molecule has 2 unspecified atom stereocenters. The van der Waals surface area contributed by atoms with Crippen molar-refractivity contribution in [2.24, 2.45) is 0 Å². The lowest BCUT2D eigenvalue weighted by Crippen LogP contribution is -2.54. The molecule has 4 aliphatic carbocycles. The van der Waals surface area contributed by atoms with Crippen LogP contribution in [-0.4, -0.2) is 30.2 Å². The molecule has 0 aliphatic heterocycles. The van der Waals surface area contributed by atoms with Crippen molar-refractivity contribution in [1.29, 1.82) is 0 Å². The molecule has 22 heavy (non-hydrogen) atoms. The van der Waals surface area contributed by atoms with Crippen molar-refractivity contribution in [1.82, 2.24) is 0 Å². The average Bonchev–Trinajstić information content (AvgIpc) is 3.15. The van der Waals surface area contributed by atoms with Gasteiger partial charge < -0.3 is 9.47 Å². The van der Waals surface area contributed by atoms with Gasteiger partial charge in [0.1, 0.15) is 6.10 Å². The third-order valence-corrected chi connectivity index (χ3v) is 5.66. The molecule has 0 N–H and O–H groups in total. The van der Waals surface area contributed by atoms with E-state index in [1.165, 1.54) is 38.5 Å². The molecule has 126 valence electrons. The maximum atomic E-state index is 6.44. The first-order valence-electron chi connectivity index (χ1n) is 9.52. The SMILES string of the molecule is C1CCC(OOC2(OC3CCC3)CCCCC2OC2CC2)C1. The first-order chi connectivity index (χ1) is 10.8. The molecule has 0 aromatic heterocycles. The van der Waals surface area contributed by atoms with E-state index in [4.69, 9.17) is 19.2 Å². The van der Waals surface area contributed by atoms with Crippen LogP contribution < -0.4 is 0 Å². The average molecular weight is 310 g/mol. The fourth-order valence-electron chi connectivity index (χ4n) is 3.84. The van der Waals surface area contributed by atoms with E-state index in [1.54, 1.807) is 0 Å². The van der Waals surface area contributed by atoms with Gasteiger partial charge in [-0.3, -0.25) is 0 Å². The molecule has 0 saturated heterocycles. The quantitative estimate of drug-likeness (QED) is 0.400. The molecule has 0 bridgehead atoms. The van der Waals surface area contributed by atoms with E-state index in [9.17, 15) is 0 Å². The van der Waals surface area contributed by atoms with Gasteiger partial charge in [-0.25, -0.2) is 4.89 Å². The lowest BCUT2D eigenvalue weighted by atomic mass is 9.89. The summed E-state index contributed by atoms with van der Waals surface area (Å²) in [5.41, 5.74) is 0. The zero-order valence-electron chi connectivity index (χ0n) is 13.6. The van der Waals surface area contributed by atoms with Gasteiger partial charge in [-0.1, -0.05) is 19.3 Å². The standard InChI is InChI=1S/C18H30O4/c1-2-7-16(6-1)21-22-18(20-15-8-5-9-15)13-4-3-10-17(18)19-14-11-12-14/h14-17H,1-13H2. The zero-order valence-corrected chi connectivity index (χ0v) is 13.6. The van der Waals surface area contributed by atoms with E-state index in [1.807, 2.05) is 0 Å². The number of ether oxygens (including phenoxy) is 2. The van der Waals surface area contributed by atoms with Crippen molar-refractivity contribution in [3.8, 4) is 0 Å². The molecule has 0 spiro atoms. The molecular weight excluding hydrogens is 280 g/mol. The van der Waals surface area contributed by atoms with Gasteiger partial charge in [-0.2, -0.15) is 4.89 Å². The van der Waals surface area contributed by atoms with E-state index in [0.29, 0.717) is 12.2 Å². The van der Waals surface area contributed by atoms with Crippen molar-refractivity contribution >= 4 is 0 Å². The van der Waals surface area contributed by atoms with Crippen molar-refractivity contribution in [3.63, 3.8) is 0 Å². The molecule has 0 aromatic carbocycles. The highest BCUT2D eigenvalue weighted by Gasteiger charge is 2.50. The van der Waals surface area contributed by atoms with Crippen LogP contribution in [0.2, 0.25) is 0 Å². The largest absolute Gasteiger partial charge is 0.369 e. The highest BCUT2D eigenvalue weighted by atomic mass is 17.2. The van der Waals surface area contributed by atoms with Crippen LogP contribution in [0.4, 0.5) is 0 Å². The fourth-order valence-corrected chi connectivity index (χ4v) is 3.84. The molecule has 0 radical (unpaired) electrons. The highest BCUT2D eigenvalue weighted by molar-refractivity contribution is 4.90. The fraction of sp³-hybridized carbons (Fsp3) is 1.00. The summed E-state index contributed by atoms with van der Waals surface area (Å²) < 4.78 is 12.7. The predicted molar refractivity (Wildman–Crippen MR) is 82.2 cm³/mol. The van der Waals surface area contributed by atoms with Crippen LogP contribution in [0.5, 0.6) is 0 Å². The second-order valence-corrected chi connectivity index (χ2v) is 7.64. The smallest absolute Gasteiger partial charge is 0.228 e. The van der Waals surface area contributed by atoms with Crippen molar-refractivity contribution in [3.05, 3.63) is 0 Å². The van der Waals surface area contributed by atoms with Crippen LogP contribution in [0, 0.1) is 0 Å². The summed E-state index contributed by atoms with van der Waals surface area (Å²) in [5.74, 6) is -0.644. The molecule has 4 heteroatoms. The third kappa shape index (κ3) is 3.50. The maximum Gasteiger partial charge on any atom is 0.228 e. The minimum absolute atomic E-state index is 0.0516. The Bertz CT molecular complexity index is 360. The minimum Gasteiger partial charge on any atom is -0.369 e. The molecular formula is C18H30O4. The third-order valence-electron chi connectivity index (χ3n) is 5.66. The molecule has 0 amide bonds. The minimum atomic E-state index is -0.644. The summed E-state index contributed by atoms with van der Waals surface area (Å²) in [6.45, 7) is 0. The molecule has 4 saturated carbocycles. The van der Waals surface area contributed by atoms with Gasteiger partial charge in [0.15, 0.2) is 0 Å². The lowest BCUT2D eigenvalue weighted by molar-refractivity contribution is -0.478. The number of hydrogen-bond acceptors (Lipinski definition) is 4. The first kappa shape index (κ1) is 15.4. The van der Waals surface area contributed by atoms with E-state index in [0.717, 1.165) is 44.9 Å². The summed E-state index contributed by atoms with van der Waals surface area (Å²) in [6, 6.07) is 0. The van der Waals surface area contributed by atoms with Gasteiger partial charge in [-0.15, -0.1) is 0 Å². The number of rotatable bonds is 7.